The topological polar surface area (TPSA) is 32.5 Å². The smallest absolute Gasteiger partial charge is 0.0511 e. The number of piperazine rings is 1. The molecule has 1 aliphatic heterocycles. The van der Waals surface area contributed by atoms with Crippen molar-refractivity contribution in [3.63, 3.8) is 0 Å². The van der Waals surface area contributed by atoms with Crippen LogP contribution in [0.3, 0.4) is 0 Å². The van der Waals surface area contributed by atoms with E-state index >= 15 is 0 Å². The average molecular weight is 310 g/mol. The first-order chi connectivity index (χ1) is 8.66. The van der Waals surface area contributed by atoms with Crippen LogP contribution in [-0.2, 0) is 0 Å². The van der Waals surface area contributed by atoms with Crippen molar-refractivity contribution in [1.29, 1.82) is 0 Å². The Hall–Kier alpha value is -0.580. The maximum absolute atomic E-state index is 6.18. The van der Waals surface area contributed by atoms with Gasteiger partial charge in [0.05, 0.1) is 5.69 Å². The third kappa shape index (κ3) is 2.71. The van der Waals surface area contributed by atoms with Crippen LogP contribution in [0.5, 0.6) is 0 Å². The van der Waals surface area contributed by atoms with Crippen LogP contribution in [0.2, 0.25) is 0 Å². The molecule has 2 fully saturated rings. The molecule has 1 saturated heterocycles. The van der Waals surface area contributed by atoms with E-state index in [2.05, 4.69) is 50.0 Å². The molecule has 98 valence electrons. The van der Waals surface area contributed by atoms with Crippen LogP contribution in [0.15, 0.2) is 28.7 Å². The Bertz CT molecular complexity index is 423. The highest BCUT2D eigenvalue weighted by Gasteiger charge is 2.40. The lowest BCUT2D eigenvalue weighted by Crippen LogP contribution is -2.50. The number of para-hydroxylation sites is 1. The minimum absolute atomic E-state index is 0.148. The second kappa shape index (κ2) is 4.83. The van der Waals surface area contributed by atoms with Gasteiger partial charge in [-0.3, -0.25) is 4.90 Å². The Morgan fingerprint density at radius 2 is 1.78 bits per heavy atom. The Morgan fingerprint density at radius 3 is 2.39 bits per heavy atom. The summed E-state index contributed by atoms with van der Waals surface area (Å²) in [5, 5.41) is 0. The Morgan fingerprint density at radius 1 is 1.11 bits per heavy atom. The maximum atomic E-state index is 6.18. The molecule has 0 unspecified atom stereocenters. The average Bonchev–Trinajstić information content (AvgIpc) is 3.09. The van der Waals surface area contributed by atoms with Crippen LogP contribution in [0.25, 0.3) is 0 Å². The molecule has 2 N–H and O–H groups in total. The minimum Gasteiger partial charge on any atom is -0.368 e. The summed E-state index contributed by atoms with van der Waals surface area (Å²) in [5.41, 5.74) is 7.64. The normalized spacial score (nSPS) is 23.1. The molecule has 1 saturated carbocycles. The van der Waals surface area contributed by atoms with Crippen molar-refractivity contribution in [3.8, 4) is 0 Å². The first-order valence-electron chi connectivity index (χ1n) is 6.67. The third-order valence-corrected chi connectivity index (χ3v) is 4.67. The van der Waals surface area contributed by atoms with E-state index in [1.807, 2.05) is 0 Å². The second-order valence-corrected chi connectivity index (χ2v) is 6.43. The van der Waals surface area contributed by atoms with Crippen LogP contribution < -0.4 is 10.6 Å². The molecule has 0 aromatic heterocycles. The van der Waals surface area contributed by atoms with Gasteiger partial charge in [0.2, 0.25) is 0 Å². The quantitative estimate of drug-likeness (QED) is 0.927. The summed E-state index contributed by atoms with van der Waals surface area (Å²) < 4.78 is 1.19. The van der Waals surface area contributed by atoms with Crippen LogP contribution in [0.4, 0.5) is 5.69 Å². The lowest BCUT2D eigenvalue weighted by Gasteiger charge is -2.37. The summed E-state index contributed by atoms with van der Waals surface area (Å²) >= 11 is 3.63. The molecule has 0 atom stereocenters. The van der Waals surface area contributed by atoms with E-state index in [0.29, 0.717) is 0 Å². The van der Waals surface area contributed by atoms with Gasteiger partial charge < -0.3 is 10.6 Å². The van der Waals surface area contributed by atoms with E-state index in [4.69, 9.17) is 5.73 Å². The molecule has 1 aromatic carbocycles. The molecular weight excluding hydrogens is 290 g/mol. The Balaban J connectivity index is 1.58. The predicted molar refractivity (Wildman–Crippen MR) is 78.9 cm³/mol. The van der Waals surface area contributed by atoms with Crippen molar-refractivity contribution in [3.05, 3.63) is 28.7 Å². The highest BCUT2D eigenvalue weighted by atomic mass is 79.9. The number of nitrogens with two attached hydrogens (primary N) is 1. The largest absolute Gasteiger partial charge is 0.368 e. The first kappa shape index (κ1) is 12.5. The van der Waals surface area contributed by atoms with Crippen molar-refractivity contribution in [1.82, 2.24) is 4.90 Å². The van der Waals surface area contributed by atoms with Gasteiger partial charge in [0.1, 0.15) is 0 Å². The van der Waals surface area contributed by atoms with Crippen molar-refractivity contribution >= 4 is 21.6 Å². The van der Waals surface area contributed by atoms with Gasteiger partial charge >= 0.3 is 0 Å². The number of anilines is 1. The highest BCUT2D eigenvalue weighted by molar-refractivity contribution is 9.10. The lowest BCUT2D eigenvalue weighted by molar-refractivity contribution is 0.236. The number of hydrogen-bond donors (Lipinski definition) is 1. The summed E-state index contributed by atoms with van der Waals surface area (Å²) in [4.78, 5) is 4.97. The second-order valence-electron chi connectivity index (χ2n) is 5.58. The number of rotatable bonds is 3. The lowest BCUT2D eigenvalue weighted by atomic mass is 10.2. The fourth-order valence-electron chi connectivity index (χ4n) is 2.62. The van der Waals surface area contributed by atoms with E-state index in [1.54, 1.807) is 0 Å². The Labute approximate surface area is 117 Å². The summed E-state index contributed by atoms with van der Waals surface area (Å²) in [6.07, 6.45) is 2.41. The van der Waals surface area contributed by atoms with Gasteiger partial charge in [-0.05, 0) is 40.9 Å². The highest BCUT2D eigenvalue weighted by Crippen LogP contribution is 2.33. The zero-order valence-corrected chi connectivity index (χ0v) is 12.2. The molecule has 2 aliphatic rings. The zero-order valence-electron chi connectivity index (χ0n) is 10.6. The molecular formula is C14H20BrN3. The summed E-state index contributed by atoms with van der Waals surface area (Å²) in [7, 11) is 0. The van der Waals surface area contributed by atoms with Crippen molar-refractivity contribution in [2.45, 2.75) is 18.4 Å². The van der Waals surface area contributed by atoms with Gasteiger partial charge in [-0.1, -0.05) is 12.1 Å². The van der Waals surface area contributed by atoms with E-state index in [0.717, 1.165) is 32.7 Å². The van der Waals surface area contributed by atoms with Gasteiger partial charge in [0, 0.05) is 42.7 Å². The van der Waals surface area contributed by atoms with Gasteiger partial charge in [0.15, 0.2) is 0 Å². The molecule has 3 nitrogen and oxygen atoms in total. The van der Waals surface area contributed by atoms with E-state index in [-0.39, 0.29) is 5.54 Å². The summed E-state index contributed by atoms with van der Waals surface area (Å²) in [6.45, 7) is 5.52. The van der Waals surface area contributed by atoms with Crippen LogP contribution in [0.1, 0.15) is 12.8 Å². The maximum Gasteiger partial charge on any atom is 0.0511 e. The van der Waals surface area contributed by atoms with Gasteiger partial charge in [-0.25, -0.2) is 0 Å². The molecule has 0 bridgehead atoms. The van der Waals surface area contributed by atoms with Crippen LogP contribution >= 0.6 is 15.9 Å². The zero-order chi connectivity index (χ0) is 12.6. The summed E-state index contributed by atoms with van der Waals surface area (Å²) in [5.74, 6) is 0. The molecule has 0 spiro atoms. The predicted octanol–water partition coefficient (Wildman–Crippen LogP) is 2.06. The minimum atomic E-state index is 0.148. The summed E-state index contributed by atoms with van der Waals surface area (Å²) in [6, 6.07) is 8.46. The molecule has 0 amide bonds. The molecule has 1 aliphatic carbocycles. The van der Waals surface area contributed by atoms with Crippen LogP contribution in [0, 0.1) is 0 Å². The Kier molecular flexibility index (Phi) is 3.34. The fourth-order valence-corrected chi connectivity index (χ4v) is 3.15. The number of hydrogen-bond acceptors (Lipinski definition) is 3. The van der Waals surface area contributed by atoms with Crippen molar-refractivity contribution < 1.29 is 0 Å². The third-order valence-electron chi connectivity index (χ3n) is 4.00. The molecule has 3 rings (SSSR count). The monoisotopic (exact) mass is 309 g/mol. The standard InChI is InChI=1S/C14H20BrN3/c15-12-3-1-2-4-13(12)18-9-7-17(8-10-18)11-14(16)5-6-14/h1-4H,5-11,16H2. The van der Waals surface area contributed by atoms with Crippen molar-refractivity contribution in [2.24, 2.45) is 5.73 Å². The van der Waals surface area contributed by atoms with E-state index in [9.17, 15) is 0 Å². The van der Waals surface area contributed by atoms with Gasteiger partial charge in [0.25, 0.3) is 0 Å². The molecule has 18 heavy (non-hydrogen) atoms. The first-order valence-corrected chi connectivity index (χ1v) is 7.46. The fraction of sp³-hybridized carbons (Fsp3) is 0.571. The van der Waals surface area contributed by atoms with Gasteiger partial charge in [-0.2, -0.15) is 0 Å². The van der Waals surface area contributed by atoms with E-state index < -0.39 is 0 Å². The number of benzene rings is 1. The number of halogens is 1. The SMILES string of the molecule is NC1(CN2CCN(c3ccccc3Br)CC2)CC1. The molecule has 4 heteroatoms. The van der Waals surface area contributed by atoms with E-state index in [1.165, 1.54) is 23.0 Å². The number of nitrogens with zero attached hydrogens (tertiary/aromatic N) is 2. The van der Waals surface area contributed by atoms with Crippen LogP contribution in [-0.4, -0.2) is 43.2 Å². The molecule has 0 radical (unpaired) electrons. The molecule has 1 aromatic rings. The van der Waals surface area contributed by atoms with Gasteiger partial charge in [-0.15, -0.1) is 0 Å². The van der Waals surface area contributed by atoms with Crippen molar-refractivity contribution in [2.75, 3.05) is 37.6 Å². The molecule has 1 heterocycles.